The van der Waals surface area contributed by atoms with Crippen molar-refractivity contribution >= 4 is 22.1 Å². The first-order valence-corrected chi connectivity index (χ1v) is 6.25. The van der Waals surface area contributed by atoms with Crippen LogP contribution in [0, 0.1) is 0 Å². The van der Waals surface area contributed by atoms with E-state index < -0.39 is 5.69 Å². The maximum Gasteiger partial charge on any atom is 0.344 e. The van der Waals surface area contributed by atoms with E-state index in [0.717, 1.165) is 22.1 Å². The van der Waals surface area contributed by atoms with E-state index in [4.69, 9.17) is 0 Å². The zero-order chi connectivity index (χ0) is 14.6. The molecule has 3 aromatic heterocycles. The third-order valence-electron chi connectivity index (χ3n) is 3.45. The molecule has 0 spiro atoms. The van der Waals surface area contributed by atoms with Crippen LogP contribution < -0.4 is 11.4 Å². The second-order valence-electron chi connectivity index (χ2n) is 4.77. The van der Waals surface area contributed by atoms with Crippen LogP contribution in [0.4, 0.5) is 0 Å². The Labute approximate surface area is 116 Å². The summed E-state index contributed by atoms with van der Waals surface area (Å²) >= 11 is 0. The highest BCUT2D eigenvalue weighted by Gasteiger charge is 2.10. The number of rotatable bonds is 1. The molecule has 0 amide bonds. The Morgan fingerprint density at radius 3 is 2.76 bits per heavy atom. The number of hydrogen-bond acceptors (Lipinski definition) is 4. The van der Waals surface area contributed by atoms with Crippen LogP contribution in [-0.4, -0.2) is 29.5 Å². The van der Waals surface area contributed by atoms with Crippen molar-refractivity contribution in [3.8, 4) is 11.4 Å². The molecule has 4 rings (SSSR count). The van der Waals surface area contributed by atoms with Gasteiger partial charge < -0.3 is 15.0 Å². The summed E-state index contributed by atoms with van der Waals surface area (Å²) in [6.45, 7) is 0. The highest BCUT2D eigenvalue weighted by atomic mass is 16.1. The Morgan fingerprint density at radius 2 is 2.00 bits per heavy atom. The van der Waals surface area contributed by atoms with Crippen LogP contribution >= 0.6 is 0 Å². The molecule has 0 bridgehead atoms. The lowest BCUT2D eigenvalue weighted by Crippen LogP contribution is -2.11. The average Bonchev–Trinajstić information content (AvgIpc) is 2.99. The lowest BCUT2D eigenvalue weighted by molar-refractivity contribution is 0.892. The standard InChI is InChI=1S/C13H10N6O2/c1-19-10-3-8-7(2-9(10)18-13(19)21)16-11(17-8)6-4-14-12(20)15-5-6/h2-5H,1H3,(H,16,17)(H,18,21)(H,14,15,20). The van der Waals surface area contributed by atoms with Gasteiger partial charge in [0.15, 0.2) is 0 Å². The first kappa shape index (κ1) is 11.6. The van der Waals surface area contributed by atoms with E-state index in [1.807, 2.05) is 12.1 Å². The minimum absolute atomic E-state index is 0.164. The van der Waals surface area contributed by atoms with Crippen LogP contribution in [0.2, 0.25) is 0 Å². The largest absolute Gasteiger partial charge is 0.344 e. The van der Waals surface area contributed by atoms with Crippen LogP contribution in [-0.2, 0) is 7.05 Å². The van der Waals surface area contributed by atoms with Gasteiger partial charge in [-0.25, -0.2) is 19.6 Å². The molecule has 8 heteroatoms. The molecule has 0 aliphatic carbocycles. The summed E-state index contributed by atoms with van der Waals surface area (Å²) in [6.07, 6.45) is 3.01. The van der Waals surface area contributed by atoms with E-state index >= 15 is 0 Å². The normalized spacial score (nSPS) is 11.5. The Balaban J connectivity index is 1.97. The second kappa shape index (κ2) is 3.92. The van der Waals surface area contributed by atoms with Crippen molar-refractivity contribution in [3.05, 3.63) is 45.5 Å². The summed E-state index contributed by atoms with van der Waals surface area (Å²) in [5.41, 5.74) is 3.17. The van der Waals surface area contributed by atoms with Crippen molar-refractivity contribution in [1.82, 2.24) is 29.5 Å². The van der Waals surface area contributed by atoms with E-state index in [2.05, 4.69) is 24.9 Å². The lowest BCUT2D eigenvalue weighted by Gasteiger charge is -1.92. The molecular formula is C13H10N6O2. The van der Waals surface area contributed by atoms with Gasteiger partial charge in [-0.2, -0.15) is 0 Å². The van der Waals surface area contributed by atoms with E-state index in [-0.39, 0.29) is 5.69 Å². The maximum atomic E-state index is 11.6. The summed E-state index contributed by atoms with van der Waals surface area (Å²) in [5, 5.41) is 0. The summed E-state index contributed by atoms with van der Waals surface area (Å²) in [6, 6.07) is 3.67. The van der Waals surface area contributed by atoms with Gasteiger partial charge in [0.05, 0.1) is 27.6 Å². The number of hydrogen-bond donors (Lipinski definition) is 3. The number of nitrogens with zero attached hydrogens (tertiary/aromatic N) is 3. The number of aryl methyl sites for hydroxylation is 1. The number of benzene rings is 1. The number of imidazole rings is 2. The van der Waals surface area contributed by atoms with Crippen molar-refractivity contribution in [1.29, 1.82) is 0 Å². The number of H-pyrrole nitrogens is 3. The van der Waals surface area contributed by atoms with E-state index in [9.17, 15) is 9.59 Å². The molecule has 3 N–H and O–H groups in total. The van der Waals surface area contributed by atoms with Gasteiger partial charge in [-0.3, -0.25) is 4.57 Å². The molecule has 0 saturated heterocycles. The monoisotopic (exact) mass is 282 g/mol. The quantitative estimate of drug-likeness (QED) is 0.471. The molecule has 0 aliphatic heterocycles. The summed E-state index contributed by atoms with van der Waals surface area (Å²) in [7, 11) is 1.70. The molecule has 4 aromatic rings. The van der Waals surface area contributed by atoms with Gasteiger partial charge in [-0.05, 0) is 12.1 Å². The van der Waals surface area contributed by atoms with Crippen molar-refractivity contribution < 1.29 is 0 Å². The van der Waals surface area contributed by atoms with E-state index in [0.29, 0.717) is 11.4 Å². The predicted molar refractivity (Wildman–Crippen MR) is 77.0 cm³/mol. The number of aromatic nitrogens is 6. The van der Waals surface area contributed by atoms with Crippen LogP contribution in [0.25, 0.3) is 33.5 Å². The Morgan fingerprint density at radius 1 is 1.14 bits per heavy atom. The first-order chi connectivity index (χ1) is 10.1. The van der Waals surface area contributed by atoms with Crippen LogP contribution in [0.5, 0.6) is 0 Å². The zero-order valence-electron chi connectivity index (χ0n) is 11.0. The molecule has 1 aromatic carbocycles. The molecule has 0 radical (unpaired) electrons. The molecule has 0 fully saturated rings. The number of nitrogens with one attached hydrogen (secondary N) is 3. The fourth-order valence-corrected chi connectivity index (χ4v) is 2.34. The van der Waals surface area contributed by atoms with Crippen molar-refractivity contribution in [2.24, 2.45) is 7.05 Å². The topological polar surface area (TPSA) is 112 Å². The first-order valence-electron chi connectivity index (χ1n) is 6.25. The third-order valence-corrected chi connectivity index (χ3v) is 3.45. The molecular weight excluding hydrogens is 272 g/mol. The summed E-state index contributed by atoms with van der Waals surface area (Å²) in [4.78, 5) is 39.2. The minimum Gasteiger partial charge on any atom is -0.338 e. The number of fused-ring (bicyclic) bond motifs is 2. The smallest absolute Gasteiger partial charge is 0.338 e. The van der Waals surface area contributed by atoms with Gasteiger partial charge >= 0.3 is 11.4 Å². The Kier molecular flexibility index (Phi) is 2.17. The van der Waals surface area contributed by atoms with Gasteiger partial charge in [0.2, 0.25) is 0 Å². The van der Waals surface area contributed by atoms with Crippen molar-refractivity contribution in [2.75, 3.05) is 0 Å². The van der Waals surface area contributed by atoms with E-state index in [1.54, 1.807) is 13.2 Å². The Hall–Kier alpha value is -3.16. The molecule has 21 heavy (non-hydrogen) atoms. The second-order valence-corrected chi connectivity index (χ2v) is 4.77. The molecule has 0 atom stereocenters. The van der Waals surface area contributed by atoms with Gasteiger partial charge in [0.1, 0.15) is 5.82 Å². The van der Waals surface area contributed by atoms with E-state index in [1.165, 1.54) is 10.8 Å². The Bertz CT molecular complexity index is 1080. The molecule has 3 heterocycles. The highest BCUT2D eigenvalue weighted by Crippen LogP contribution is 2.22. The highest BCUT2D eigenvalue weighted by molar-refractivity contribution is 5.92. The maximum absolute atomic E-state index is 11.6. The van der Waals surface area contributed by atoms with Gasteiger partial charge in [-0.1, -0.05) is 0 Å². The van der Waals surface area contributed by atoms with Crippen molar-refractivity contribution in [2.45, 2.75) is 0 Å². The van der Waals surface area contributed by atoms with Gasteiger partial charge in [0, 0.05) is 19.4 Å². The molecule has 0 unspecified atom stereocenters. The fourth-order valence-electron chi connectivity index (χ4n) is 2.34. The average molecular weight is 282 g/mol. The third kappa shape index (κ3) is 1.69. The van der Waals surface area contributed by atoms with Gasteiger partial charge in [0.25, 0.3) is 0 Å². The summed E-state index contributed by atoms with van der Waals surface area (Å²) in [5.74, 6) is 0.603. The fraction of sp³-hybridized carbons (Fsp3) is 0.0769. The molecule has 104 valence electrons. The van der Waals surface area contributed by atoms with Crippen molar-refractivity contribution in [3.63, 3.8) is 0 Å². The molecule has 8 nitrogen and oxygen atoms in total. The van der Waals surface area contributed by atoms with Crippen LogP contribution in [0.15, 0.2) is 34.1 Å². The SMILES string of the molecule is Cn1c(=O)[nH]c2cc3[nH]c(-c4cnc(=O)[nH]c4)nc3cc21. The number of aromatic amines is 3. The lowest BCUT2D eigenvalue weighted by atomic mass is 10.3. The zero-order valence-corrected chi connectivity index (χ0v) is 11.0. The minimum atomic E-state index is -0.404. The predicted octanol–water partition coefficient (Wildman–Crippen LogP) is 0.493. The molecule has 0 aliphatic rings. The van der Waals surface area contributed by atoms with Crippen LogP contribution in [0.3, 0.4) is 0 Å². The molecule has 0 saturated carbocycles. The van der Waals surface area contributed by atoms with Gasteiger partial charge in [-0.15, -0.1) is 0 Å². The van der Waals surface area contributed by atoms with Crippen LogP contribution in [0.1, 0.15) is 0 Å². The summed E-state index contributed by atoms with van der Waals surface area (Å²) < 4.78 is 1.53.